The van der Waals surface area contributed by atoms with Crippen molar-refractivity contribution in [2.75, 3.05) is 0 Å². The number of benzene rings is 2. The molecule has 6 heteroatoms. The van der Waals surface area contributed by atoms with E-state index in [0.717, 1.165) is 0 Å². The second kappa shape index (κ2) is 6.78. The molecule has 0 aliphatic rings. The molecular weight excluding hydrogens is 318 g/mol. The highest BCUT2D eigenvalue weighted by Crippen LogP contribution is 2.30. The molecule has 2 rings (SSSR count). The van der Waals surface area contributed by atoms with Gasteiger partial charge in [0, 0.05) is 0 Å². The summed E-state index contributed by atoms with van der Waals surface area (Å²) in [6, 6.07) is 10.4. The van der Waals surface area contributed by atoms with E-state index in [9.17, 15) is 9.18 Å². The molecule has 0 bridgehead atoms. The fourth-order valence-electron chi connectivity index (χ4n) is 1.52. The van der Waals surface area contributed by atoms with Crippen molar-refractivity contribution in [1.82, 2.24) is 0 Å². The van der Waals surface area contributed by atoms with Gasteiger partial charge < -0.3 is 9.47 Å². The first-order valence-corrected chi connectivity index (χ1v) is 6.80. The molecule has 0 amide bonds. The van der Waals surface area contributed by atoms with E-state index in [0.29, 0.717) is 17.2 Å². The van der Waals surface area contributed by atoms with Crippen molar-refractivity contribution in [2.45, 2.75) is 13.0 Å². The van der Waals surface area contributed by atoms with Gasteiger partial charge in [-0.15, -0.1) is 0 Å². The van der Waals surface area contributed by atoms with E-state index in [1.54, 1.807) is 31.2 Å². The molecule has 0 heterocycles. The molecule has 0 aliphatic carbocycles. The summed E-state index contributed by atoms with van der Waals surface area (Å²) < 4.78 is 23.8. The summed E-state index contributed by atoms with van der Waals surface area (Å²) in [4.78, 5) is 10.9. The van der Waals surface area contributed by atoms with Crippen molar-refractivity contribution in [1.29, 1.82) is 0 Å². The lowest BCUT2D eigenvalue weighted by Crippen LogP contribution is -2.18. The van der Waals surface area contributed by atoms with Crippen LogP contribution in [0.1, 0.15) is 6.92 Å². The van der Waals surface area contributed by atoms with Gasteiger partial charge in [0.05, 0.1) is 5.02 Å². The number of hydrogen-bond acceptors (Lipinski definition) is 3. The molecule has 0 radical (unpaired) electrons. The van der Waals surface area contributed by atoms with Crippen LogP contribution in [0.2, 0.25) is 5.02 Å². The molecule has 1 atom stereocenters. The molecule has 2 aromatic carbocycles. The maximum Gasteiger partial charge on any atom is 0.262 e. The zero-order valence-corrected chi connectivity index (χ0v) is 12.5. The number of carbonyl (C=O) groups is 1. The van der Waals surface area contributed by atoms with Crippen LogP contribution in [-0.4, -0.2) is 11.3 Å². The smallest absolute Gasteiger partial charge is 0.262 e. The number of ether oxygens (including phenoxy) is 2. The monoisotopic (exact) mass is 328 g/mol. The maximum absolute atomic E-state index is 12.9. The Bertz CT molecular complexity index is 644. The van der Waals surface area contributed by atoms with Crippen molar-refractivity contribution in [2.24, 2.45) is 0 Å². The van der Waals surface area contributed by atoms with Gasteiger partial charge in [0.2, 0.25) is 0 Å². The molecule has 3 nitrogen and oxygen atoms in total. The first kappa shape index (κ1) is 15.6. The minimum absolute atomic E-state index is 0.177. The van der Waals surface area contributed by atoms with Gasteiger partial charge in [-0.2, -0.15) is 0 Å². The van der Waals surface area contributed by atoms with Crippen molar-refractivity contribution in [3.8, 4) is 17.2 Å². The largest absolute Gasteiger partial charge is 0.482 e. The van der Waals surface area contributed by atoms with Gasteiger partial charge in [-0.3, -0.25) is 4.79 Å². The zero-order chi connectivity index (χ0) is 15.4. The minimum atomic E-state index is -0.732. The highest BCUT2D eigenvalue weighted by molar-refractivity contribution is 6.64. The molecule has 0 saturated carbocycles. The number of halogens is 3. The lowest BCUT2D eigenvalue weighted by Gasteiger charge is -2.11. The first-order valence-electron chi connectivity index (χ1n) is 6.04. The van der Waals surface area contributed by atoms with E-state index >= 15 is 0 Å². The average Bonchev–Trinajstić information content (AvgIpc) is 2.43. The Morgan fingerprint density at radius 2 is 1.76 bits per heavy atom. The van der Waals surface area contributed by atoms with E-state index in [-0.39, 0.29) is 5.02 Å². The van der Waals surface area contributed by atoms with Crippen molar-refractivity contribution in [3.63, 3.8) is 0 Å². The van der Waals surface area contributed by atoms with Crippen LogP contribution in [0, 0.1) is 5.82 Å². The van der Waals surface area contributed by atoms with Crippen LogP contribution in [0.5, 0.6) is 17.2 Å². The lowest BCUT2D eigenvalue weighted by molar-refractivity contribution is -0.117. The molecule has 1 unspecified atom stereocenters. The summed E-state index contributed by atoms with van der Waals surface area (Å²) in [5.41, 5.74) is 0. The Balaban J connectivity index is 2.07. The number of carbonyl (C=O) groups excluding carboxylic acids is 1. The minimum Gasteiger partial charge on any atom is -0.482 e. The van der Waals surface area contributed by atoms with Crippen LogP contribution in [0.4, 0.5) is 4.39 Å². The van der Waals surface area contributed by atoms with E-state index in [1.807, 2.05) is 0 Å². The summed E-state index contributed by atoms with van der Waals surface area (Å²) in [7, 11) is 0. The highest BCUT2D eigenvalue weighted by atomic mass is 35.5. The molecule has 0 N–H and O–H groups in total. The van der Waals surface area contributed by atoms with E-state index in [1.165, 1.54) is 18.2 Å². The fraction of sp³-hybridized carbons (Fsp3) is 0.133. The zero-order valence-electron chi connectivity index (χ0n) is 11.0. The Morgan fingerprint density at radius 3 is 2.33 bits per heavy atom. The highest BCUT2D eigenvalue weighted by Gasteiger charge is 2.11. The van der Waals surface area contributed by atoms with Crippen LogP contribution in [0.3, 0.4) is 0 Å². The number of hydrogen-bond donors (Lipinski definition) is 0. The molecule has 110 valence electrons. The summed E-state index contributed by atoms with van der Waals surface area (Å²) in [5.74, 6) is 0.890. The van der Waals surface area contributed by atoms with Gasteiger partial charge in [-0.1, -0.05) is 11.6 Å². The van der Waals surface area contributed by atoms with Crippen LogP contribution in [-0.2, 0) is 4.79 Å². The van der Waals surface area contributed by atoms with E-state index < -0.39 is 17.2 Å². The van der Waals surface area contributed by atoms with E-state index in [2.05, 4.69) is 0 Å². The molecule has 0 aromatic heterocycles. The van der Waals surface area contributed by atoms with Gasteiger partial charge in [0.1, 0.15) is 23.1 Å². The topological polar surface area (TPSA) is 35.5 Å². The van der Waals surface area contributed by atoms with Gasteiger partial charge in [-0.25, -0.2) is 4.39 Å². The second-order valence-corrected chi connectivity index (χ2v) is 4.99. The number of rotatable bonds is 5. The summed E-state index contributed by atoms with van der Waals surface area (Å²) >= 11 is 11.2. The van der Waals surface area contributed by atoms with Crippen LogP contribution in [0.15, 0.2) is 42.5 Å². The third-order valence-electron chi connectivity index (χ3n) is 2.58. The summed E-state index contributed by atoms with van der Waals surface area (Å²) in [6.07, 6.45) is -0.732. The van der Waals surface area contributed by atoms with Gasteiger partial charge in [-0.05, 0) is 61.0 Å². The molecule has 0 aliphatic heterocycles. The quantitative estimate of drug-likeness (QED) is 0.739. The Hall–Kier alpha value is -1.78. The van der Waals surface area contributed by atoms with Crippen molar-refractivity contribution < 1.29 is 18.7 Å². The molecule has 0 fully saturated rings. The molecule has 0 spiro atoms. The lowest BCUT2D eigenvalue weighted by atomic mass is 10.3. The van der Waals surface area contributed by atoms with Crippen LogP contribution < -0.4 is 9.47 Å². The van der Waals surface area contributed by atoms with Crippen LogP contribution in [0.25, 0.3) is 0 Å². The summed E-state index contributed by atoms with van der Waals surface area (Å²) in [6.45, 7) is 1.55. The average molecular weight is 329 g/mol. The van der Waals surface area contributed by atoms with Gasteiger partial charge in [0.15, 0.2) is 6.10 Å². The third-order valence-corrected chi connectivity index (χ3v) is 3.18. The molecule has 2 aromatic rings. The van der Waals surface area contributed by atoms with Crippen molar-refractivity contribution >= 4 is 28.4 Å². The SMILES string of the molecule is CC(Oc1ccc(Oc2ccc(F)cc2Cl)cc1)C(=O)Cl. The second-order valence-electron chi connectivity index (χ2n) is 4.21. The summed E-state index contributed by atoms with van der Waals surface area (Å²) in [5, 5.41) is -0.398. The van der Waals surface area contributed by atoms with Gasteiger partial charge in [0.25, 0.3) is 5.24 Å². The normalized spacial score (nSPS) is 11.8. The van der Waals surface area contributed by atoms with Crippen molar-refractivity contribution in [3.05, 3.63) is 53.3 Å². The molecule has 0 saturated heterocycles. The molecular formula is C15H11Cl2FO3. The standard InChI is InChI=1S/C15H11Cl2FO3/c1-9(15(17)19)20-11-3-5-12(6-4-11)21-14-7-2-10(18)8-13(14)16/h2-9H,1H3. The fourth-order valence-corrected chi connectivity index (χ4v) is 1.77. The third kappa shape index (κ3) is 4.34. The molecule has 21 heavy (non-hydrogen) atoms. The Morgan fingerprint density at radius 1 is 1.14 bits per heavy atom. The Kier molecular flexibility index (Phi) is 5.04. The van der Waals surface area contributed by atoms with Crippen LogP contribution >= 0.6 is 23.2 Å². The predicted octanol–water partition coefficient (Wildman–Crippen LogP) is 4.80. The van der Waals surface area contributed by atoms with E-state index in [4.69, 9.17) is 32.7 Å². The van der Waals surface area contributed by atoms with Gasteiger partial charge >= 0.3 is 0 Å². The maximum atomic E-state index is 12.9. The Labute approximate surface area is 131 Å². The predicted molar refractivity (Wildman–Crippen MR) is 78.9 cm³/mol. The first-order chi connectivity index (χ1) is 9.95.